The molecule has 0 unspecified atom stereocenters. The molecule has 0 saturated carbocycles. The highest BCUT2D eigenvalue weighted by atomic mass is 32.2. The van der Waals surface area contributed by atoms with Crippen molar-refractivity contribution in [2.24, 2.45) is 0 Å². The zero-order valence-electron chi connectivity index (χ0n) is 17.6. The molecule has 156 valence electrons. The van der Waals surface area contributed by atoms with E-state index in [2.05, 4.69) is 22.9 Å². The number of piperazine rings is 1. The summed E-state index contributed by atoms with van der Waals surface area (Å²) in [7, 11) is -3.03. The Morgan fingerprint density at radius 3 is 2.28 bits per heavy atom. The van der Waals surface area contributed by atoms with Gasteiger partial charge in [-0.3, -0.25) is 4.79 Å². The van der Waals surface area contributed by atoms with E-state index in [0.717, 1.165) is 35.6 Å². The summed E-state index contributed by atoms with van der Waals surface area (Å²) in [6.45, 7) is 8.81. The molecule has 2 heterocycles. The number of aromatic nitrogens is 1. The van der Waals surface area contributed by atoms with E-state index in [1.807, 2.05) is 37.1 Å². The highest BCUT2D eigenvalue weighted by molar-refractivity contribution is 7.90. The van der Waals surface area contributed by atoms with Gasteiger partial charge in [0.15, 0.2) is 0 Å². The first kappa shape index (κ1) is 21.3. The molecule has 0 N–H and O–H groups in total. The Morgan fingerprint density at radius 2 is 1.72 bits per heavy atom. The predicted molar refractivity (Wildman–Crippen MR) is 116 cm³/mol. The minimum atomic E-state index is -3.03. The van der Waals surface area contributed by atoms with Gasteiger partial charge < -0.3 is 9.80 Å². The molecule has 3 rings (SSSR count). The van der Waals surface area contributed by atoms with Gasteiger partial charge in [-0.05, 0) is 48.6 Å². The number of carbonyl (C=O) groups is 1. The number of aryl methyl sites for hydroxylation is 2. The maximum atomic E-state index is 12.9. The summed E-state index contributed by atoms with van der Waals surface area (Å²) in [5, 5.41) is 0. The topological polar surface area (TPSA) is 70.6 Å². The molecule has 29 heavy (non-hydrogen) atoms. The van der Waals surface area contributed by atoms with E-state index >= 15 is 0 Å². The van der Waals surface area contributed by atoms with Crippen LogP contribution in [-0.4, -0.2) is 62.4 Å². The minimum Gasteiger partial charge on any atom is -0.353 e. The van der Waals surface area contributed by atoms with E-state index in [-0.39, 0.29) is 17.6 Å². The summed E-state index contributed by atoms with van der Waals surface area (Å²) in [5.41, 5.74) is 3.87. The van der Waals surface area contributed by atoms with E-state index in [9.17, 15) is 13.2 Å². The van der Waals surface area contributed by atoms with E-state index in [4.69, 9.17) is 0 Å². The van der Waals surface area contributed by atoms with Crippen LogP contribution in [0.15, 0.2) is 36.5 Å². The summed E-state index contributed by atoms with van der Waals surface area (Å²) in [4.78, 5) is 21.5. The van der Waals surface area contributed by atoms with Gasteiger partial charge in [0, 0.05) is 44.2 Å². The maximum Gasteiger partial charge on any atom is 0.253 e. The monoisotopic (exact) mass is 415 g/mol. The number of pyridine rings is 1. The van der Waals surface area contributed by atoms with Crippen molar-refractivity contribution >= 4 is 21.6 Å². The molecular formula is C22H29N3O3S. The Bertz CT molecular complexity index is 979. The number of sulfone groups is 1. The summed E-state index contributed by atoms with van der Waals surface area (Å²) in [5.74, 6) is 1.02. The molecule has 1 aliphatic heterocycles. The zero-order chi connectivity index (χ0) is 21.2. The van der Waals surface area contributed by atoms with Crippen LogP contribution in [0.5, 0.6) is 0 Å². The Hall–Kier alpha value is -2.41. The van der Waals surface area contributed by atoms with Crippen LogP contribution in [0.2, 0.25) is 0 Å². The number of amides is 1. The van der Waals surface area contributed by atoms with Gasteiger partial charge in [-0.25, -0.2) is 13.4 Å². The van der Waals surface area contributed by atoms with Gasteiger partial charge in [-0.15, -0.1) is 0 Å². The van der Waals surface area contributed by atoms with Gasteiger partial charge in [0.1, 0.15) is 15.7 Å². The highest BCUT2D eigenvalue weighted by Crippen LogP contribution is 2.21. The molecule has 0 bridgehead atoms. The Kier molecular flexibility index (Phi) is 6.27. The number of rotatable bonds is 5. The summed E-state index contributed by atoms with van der Waals surface area (Å²) in [6.07, 6.45) is 3.13. The third-order valence-electron chi connectivity index (χ3n) is 5.33. The van der Waals surface area contributed by atoms with Crippen molar-refractivity contribution in [3.63, 3.8) is 0 Å². The van der Waals surface area contributed by atoms with Crippen LogP contribution in [0.4, 0.5) is 5.82 Å². The number of hydrogen-bond donors (Lipinski definition) is 0. The molecule has 1 aromatic carbocycles. The fraction of sp³-hybridized carbons (Fsp3) is 0.455. The van der Waals surface area contributed by atoms with E-state index in [1.54, 1.807) is 12.1 Å². The number of benzene rings is 1. The first-order chi connectivity index (χ1) is 13.6. The van der Waals surface area contributed by atoms with E-state index in [1.165, 1.54) is 6.26 Å². The van der Waals surface area contributed by atoms with Crippen molar-refractivity contribution in [1.82, 2.24) is 9.88 Å². The minimum absolute atomic E-state index is 0.0144. The average molecular weight is 416 g/mol. The molecule has 1 aromatic heterocycles. The summed E-state index contributed by atoms with van der Waals surface area (Å²) in [6, 6.07) is 9.45. The number of carbonyl (C=O) groups excluding carboxylic acids is 1. The van der Waals surface area contributed by atoms with Crippen LogP contribution in [0.1, 0.15) is 39.9 Å². The molecular weight excluding hydrogens is 386 g/mol. The van der Waals surface area contributed by atoms with Crippen LogP contribution < -0.4 is 4.90 Å². The predicted octanol–water partition coefficient (Wildman–Crippen LogP) is 2.81. The zero-order valence-corrected chi connectivity index (χ0v) is 18.4. The number of hydrogen-bond acceptors (Lipinski definition) is 5. The molecule has 1 amide bonds. The molecule has 7 heteroatoms. The quantitative estimate of drug-likeness (QED) is 0.751. The molecule has 2 aromatic rings. The van der Waals surface area contributed by atoms with Gasteiger partial charge in [-0.1, -0.05) is 25.1 Å². The van der Waals surface area contributed by atoms with E-state index in [0.29, 0.717) is 18.7 Å². The van der Waals surface area contributed by atoms with Crippen molar-refractivity contribution in [2.45, 2.75) is 26.7 Å². The van der Waals surface area contributed by atoms with Crippen molar-refractivity contribution in [2.75, 3.05) is 43.1 Å². The van der Waals surface area contributed by atoms with Crippen LogP contribution in [0.25, 0.3) is 0 Å². The molecule has 6 nitrogen and oxygen atoms in total. The lowest BCUT2D eigenvalue weighted by atomic mass is 10.0. The highest BCUT2D eigenvalue weighted by Gasteiger charge is 2.24. The molecule has 0 spiro atoms. The maximum absolute atomic E-state index is 12.9. The third kappa shape index (κ3) is 5.35. The van der Waals surface area contributed by atoms with Crippen LogP contribution in [0, 0.1) is 13.8 Å². The third-order valence-corrected chi connectivity index (χ3v) is 6.44. The first-order valence-electron chi connectivity index (χ1n) is 9.89. The molecule has 0 radical (unpaired) electrons. The molecule has 1 aliphatic rings. The van der Waals surface area contributed by atoms with Gasteiger partial charge in [-0.2, -0.15) is 0 Å². The average Bonchev–Trinajstić information content (AvgIpc) is 2.66. The second-order valence-corrected chi connectivity index (χ2v) is 10.2. The lowest BCUT2D eigenvalue weighted by Crippen LogP contribution is -2.49. The first-order valence-corrected chi connectivity index (χ1v) is 12.0. The van der Waals surface area contributed by atoms with Crippen LogP contribution in [0.3, 0.4) is 0 Å². The van der Waals surface area contributed by atoms with E-state index < -0.39 is 9.84 Å². The smallest absolute Gasteiger partial charge is 0.253 e. The molecule has 1 saturated heterocycles. The number of anilines is 1. The van der Waals surface area contributed by atoms with Crippen molar-refractivity contribution in [3.05, 3.63) is 58.8 Å². The van der Waals surface area contributed by atoms with Gasteiger partial charge >= 0.3 is 0 Å². The SMILES string of the molecule is Cc1cnc(N2CCN(C(=O)c3ccc([C@H](C)CS(C)(=O)=O)cc3)CC2)c(C)c1. The lowest BCUT2D eigenvalue weighted by molar-refractivity contribution is 0.0746. The van der Waals surface area contributed by atoms with Gasteiger partial charge in [0.25, 0.3) is 5.91 Å². The second kappa shape index (κ2) is 8.53. The second-order valence-electron chi connectivity index (χ2n) is 8.05. The standard InChI is InChI=1S/C22H29N3O3S/c1-16-13-17(2)21(23-14-16)24-9-11-25(12-10-24)22(26)20-7-5-19(6-8-20)18(3)15-29(4,27)28/h5-8,13-14,18H,9-12,15H2,1-4H3/t18-/m1/s1. The van der Waals surface area contributed by atoms with Crippen LogP contribution in [-0.2, 0) is 9.84 Å². The van der Waals surface area contributed by atoms with Crippen molar-refractivity contribution in [3.8, 4) is 0 Å². The summed E-state index contributed by atoms with van der Waals surface area (Å²) < 4.78 is 23.0. The normalized spacial score (nSPS) is 16.0. The van der Waals surface area contributed by atoms with Crippen molar-refractivity contribution in [1.29, 1.82) is 0 Å². The fourth-order valence-electron chi connectivity index (χ4n) is 3.85. The number of nitrogens with zero attached hydrogens (tertiary/aromatic N) is 3. The Balaban J connectivity index is 1.62. The van der Waals surface area contributed by atoms with Gasteiger partial charge in [0.2, 0.25) is 0 Å². The molecule has 0 aliphatic carbocycles. The Morgan fingerprint density at radius 1 is 1.10 bits per heavy atom. The largest absolute Gasteiger partial charge is 0.353 e. The Labute approximate surface area is 173 Å². The van der Waals surface area contributed by atoms with Crippen LogP contribution >= 0.6 is 0 Å². The molecule has 1 fully saturated rings. The molecule has 1 atom stereocenters. The van der Waals surface area contributed by atoms with Crippen molar-refractivity contribution < 1.29 is 13.2 Å². The van der Waals surface area contributed by atoms with Gasteiger partial charge in [0.05, 0.1) is 5.75 Å². The fourth-order valence-corrected chi connectivity index (χ4v) is 4.95. The summed E-state index contributed by atoms with van der Waals surface area (Å²) >= 11 is 0. The lowest BCUT2D eigenvalue weighted by Gasteiger charge is -2.36.